The Balaban J connectivity index is 2.40. The van der Waals surface area contributed by atoms with E-state index in [0.29, 0.717) is 12.0 Å². The number of hydrogen-bond donors (Lipinski definition) is 0. The van der Waals surface area contributed by atoms with E-state index < -0.39 is 5.41 Å². The maximum absolute atomic E-state index is 12.4. The Morgan fingerprint density at radius 3 is 2.53 bits per heavy atom. The van der Waals surface area contributed by atoms with Crippen molar-refractivity contribution in [2.24, 2.45) is 5.41 Å². The van der Waals surface area contributed by atoms with Crippen LogP contribution in [-0.4, -0.2) is 5.78 Å². The average Bonchev–Trinajstić information content (AvgIpc) is 2.71. The zero-order chi connectivity index (χ0) is 12.5. The first-order chi connectivity index (χ1) is 8.10. The van der Waals surface area contributed by atoms with Crippen molar-refractivity contribution in [1.29, 1.82) is 5.26 Å². The van der Waals surface area contributed by atoms with Crippen LogP contribution in [0.1, 0.15) is 29.6 Å². The van der Waals surface area contributed by atoms with Gasteiger partial charge in [0.1, 0.15) is 5.41 Å². The van der Waals surface area contributed by atoms with Crippen molar-refractivity contribution < 1.29 is 4.79 Å². The van der Waals surface area contributed by atoms with E-state index in [4.69, 9.17) is 0 Å². The molecule has 2 rings (SSSR count). The summed E-state index contributed by atoms with van der Waals surface area (Å²) in [6, 6.07) is 9.30. The van der Waals surface area contributed by atoms with Gasteiger partial charge >= 0.3 is 0 Å². The summed E-state index contributed by atoms with van der Waals surface area (Å²) >= 11 is 3.33. The monoisotopic (exact) mass is 289 g/mol. The molecule has 1 atom stereocenters. The van der Waals surface area contributed by atoms with Gasteiger partial charge in [-0.2, -0.15) is 5.26 Å². The molecule has 1 fully saturated rings. The zero-order valence-electron chi connectivity index (χ0n) is 9.37. The molecule has 1 aromatic rings. The molecule has 0 aliphatic heterocycles. The van der Waals surface area contributed by atoms with Gasteiger partial charge in [-0.1, -0.05) is 34.6 Å². The topological polar surface area (TPSA) is 40.9 Å². The normalized spacial score (nSPS) is 23.4. The van der Waals surface area contributed by atoms with Gasteiger partial charge in [0, 0.05) is 10.0 Å². The van der Waals surface area contributed by atoms with E-state index in [1.54, 1.807) is 12.1 Å². The minimum absolute atomic E-state index is 0.116. The molecular formula is C14H12BrNO. The molecule has 0 spiro atoms. The summed E-state index contributed by atoms with van der Waals surface area (Å²) in [7, 11) is 0. The zero-order valence-corrected chi connectivity index (χ0v) is 11.0. The van der Waals surface area contributed by atoms with E-state index in [2.05, 4.69) is 28.6 Å². The Labute approximate surface area is 109 Å². The van der Waals surface area contributed by atoms with Gasteiger partial charge < -0.3 is 0 Å². The summed E-state index contributed by atoms with van der Waals surface area (Å²) in [4.78, 5) is 12.4. The molecule has 0 N–H and O–H groups in total. The summed E-state index contributed by atoms with van der Waals surface area (Å²) in [5, 5.41) is 9.33. The predicted molar refractivity (Wildman–Crippen MR) is 69.5 cm³/mol. The molecule has 0 bridgehead atoms. The number of benzene rings is 1. The predicted octanol–water partition coefficient (Wildman–Crippen LogP) is 3.88. The Morgan fingerprint density at radius 1 is 1.41 bits per heavy atom. The molecular weight excluding hydrogens is 278 g/mol. The van der Waals surface area contributed by atoms with Crippen LogP contribution < -0.4 is 0 Å². The smallest absolute Gasteiger partial charge is 0.187 e. The van der Waals surface area contributed by atoms with E-state index in [-0.39, 0.29) is 5.78 Å². The summed E-state index contributed by atoms with van der Waals surface area (Å²) in [5.74, 6) is -0.116. The minimum atomic E-state index is -0.992. The summed E-state index contributed by atoms with van der Waals surface area (Å²) < 4.78 is 0.922. The summed E-state index contributed by atoms with van der Waals surface area (Å²) in [6.07, 6.45) is 2.24. The second-order valence-electron chi connectivity index (χ2n) is 4.31. The molecule has 3 heteroatoms. The lowest BCUT2D eigenvalue weighted by Crippen LogP contribution is -2.27. The maximum Gasteiger partial charge on any atom is 0.187 e. The first-order valence-electron chi connectivity index (χ1n) is 5.50. The van der Waals surface area contributed by atoms with Crippen LogP contribution in [0.4, 0.5) is 0 Å². The average molecular weight is 290 g/mol. The lowest BCUT2D eigenvalue weighted by atomic mass is 9.77. The maximum atomic E-state index is 12.4. The lowest BCUT2D eigenvalue weighted by molar-refractivity contribution is 0.0896. The van der Waals surface area contributed by atoms with E-state index in [9.17, 15) is 10.1 Å². The van der Waals surface area contributed by atoms with Gasteiger partial charge in [0.25, 0.3) is 0 Å². The number of rotatable bonds is 2. The third kappa shape index (κ3) is 1.94. The molecule has 0 radical (unpaired) electrons. The molecule has 0 aromatic heterocycles. The number of allylic oxidation sites excluding steroid dienone is 1. The molecule has 17 heavy (non-hydrogen) atoms. The van der Waals surface area contributed by atoms with Crippen LogP contribution in [0.25, 0.3) is 0 Å². The highest BCUT2D eigenvalue weighted by atomic mass is 79.9. The second-order valence-corrected chi connectivity index (χ2v) is 5.23. The van der Waals surface area contributed by atoms with Crippen LogP contribution in [0.5, 0.6) is 0 Å². The SMILES string of the molecule is C=C1CCC[C@]1(C#N)C(=O)c1ccc(Br)cc1. The van der Waals surface area contributed by atoms with Gasteiger partial charge in [0.2, 0.25) is 0 Å². The standard InChI is InChI=1S/C14H12BrNO/c1-10-3-2-8-14(10,9-16)13(17)11-4-6-12(15)7-5-11/h4-7H,1-3,8H2/t14-/m1/s1. The number of Topliss-reactive ketones (excluding diaryl/α,β-unsaturated/α-hetero) is 1. The van der Waals surface area contributed by atoms with E-state index in [1.807, 2.05) is 12.1 Å². The Kier molecular flexibility index (Phi) is 3.17. The quantitative estimate of drug-likeness (QED) is 0.612. The van der Waals surface area contributed by atoms with Gasteiger partial charge in [0.05, 0.1) is 6.07 Å². The third-order valence-corrected chi connectivity index (χ3v) is 3.85. The lowest BCUT2D eigenvalue weighted by Gasteiger charge is -2.20. The number of carbonyl (C=O) groups is 1. The molecule has 0 amide bonds. The van der Waals surface area contributed by atoms with Crippen molar-refractivity contribution in [2.45, 2.75) is 19.3 Å². The molecule has 0 heterocycles. The molecule has 0 unspecified atom stereocenters. The molecule has 1 saturated carbocycles. The number of halogens is 1. The Morgan fingerprint density at radius 2 is 2.06 bits per heavy atom. The van der Waals surface area contributed by atoms with Crippen molar-refractivity contribution in [3.05, 3.63) is 46.5 Å². The fourth-order valence-corrected chi connectivity index (χ4v) is 2.53. The number of nitrogens with zero attached hydrogens (tertiary/aromatic N) is 1. The van der Waals surface area contributed by atoms with Crippen LogP contribution >= 0.6 is 15.9 Å². The molecule has 1 aliphatic rings. The van der Waals surface area contributed by atoms with Crippen LogP contribution in [0.3, 0.4) is 0 Å². The van der Waals surface area contributed by atoms with Gasteiger partial charge in [0.15, 0.2) is 5.78 Å². The molecule has 1 aliphatic carbocycles. The van der Waals surface area contributed by atoms with Crippen molar-refractivity contribution in [3.63, 3.8) is 0 Å². The second kappa shape index (κ2) is 4.46. The van der Waals surface area contributed by atoms with Crippen molar-refractivity contribution in [3.8, 4) is 6.07 Å². The van der Waals surface area contributed by atoms with Crippen LogP contribution in [-0.2, 0) is 0 Å². The third-order valence-electron chi connectivity index (χ3n) is 3.32. The highest BCUT2D eigenvalue weighted by molar-refractivity contribution is 9.10. The van der Waals surface area contributed by atoms with Crippen molar-refractivity contribution in [2.75, 3.05) is 0 Å². The first-order valence-corrected chi connectivity index (χ1v) is 6.29. The number of hydrogen-bond acceptors (Lipinski definition) is 2. The number of carbonyl (C=O) groups excluding carboxylic acids is 1. The molecule has 1 aromatic carbocycles. The fraction of sp³-hybridized carbons (Fsp3) is 0.286. The van der Waals surface area contributed by atoms with E-state index in [1.165, 1.54) is 0 Å². The van der Waals surface area contributed by atoms with E-state index in [0.717, 1.165) is 22.9 Å². The van der Waals surface area contributed by atoms with Crippen molar-refractivity contribution >= 4 is 21.7 Å². The molecule has 86 valence electrons. The Bertz CT molecular complexity index is 512. The minimum Gasteiger partial charge on any atom is -0.292 e. The van der Waals surface area contributed by atoms with Gasteiger partial charge in [-0.25, -0.2) is 0 Å². The first kappa shape index (κ1) is 12.1. The van der Waals surface area contributed by atoms with Gasteiger partial charge in [-0.3, -0.25) is 4.79 Å². The fourth-order valence-electron chi connectivity index (χ4n) is 2.26. The Hall–Kier alpha value is -1.40. The van der Waals surface area contributed by atoms with Crippen LogP contribution in [0.15, 0.2) is 40.9 Å². The van der Waals surface area contributed by atoms with Gasteiger partial charge in [-0.05, 0) is 37.0 Å². The van der Waals surface area contributed by atoms with E-state index >= 15 is 0 Å². The van der Waals surface area contributed by atoms with Crippen molar-refractivity contribution in [1.82, 2.24) is 0 Å². The highest BCUT2D eigenvalue weighted by Crippen LogP contribution is 2.43. The number of ketones is 1. The van der Waals surface area contributed by atoms with Crippen LogP contribution in [0, 0.1) is 16.7 Å². The van der Waals surface area contributed by atoms with Crippen LogP contribution in [0.2, 0.25) is 0 Å². The summed E-state index contributed by atoms with van der Waals surface area (Å²) in [6.45, 7) is 3.89. The highest BCUT2D eigenvalue weighted by Gasteiger charge is 2.44. The number of nitriles is 1. The largest absolute Gasteiger partial charge is 0.292 e. The summed E-state index contributed by atoms with van der Waals surface area (Å²) in [5.41, 5.74) is 0.346. The van der Waals surface area contributed by atoms with Gasteiger partial charge in [-0.15, -0.1) is 0 Å². The molecule has 2 nitrogen and oxygen atoms in total. The molecule has 0 saturated heterocycles.